The van der Waals surface area contributed by atoms with Crippen LogP contribution in [0.2, 0.25) is 0 Å². The molecule has 0 bridgehead atoms. The minimum Gasteiger partial charge on any atom is -0.497 e. The highest BCUT2D eigenvalue weighted by Crippen LogP contribution is 2.22. The van der Waals surface area contributed by atoms with Crippen molar-refractivity contribution in [2.24, 2.45) is 5.92 Å². The van der Waals surface area contributed by atoms with Gasteiger partial charge in [-0.2, -0.15) is 0 Å². The molecule has 1 saturated heterocycles. The van der Waals surface area contributed by atoms with Crippen molar-refractivity contribution in [1.82, 2.24) is 4.90 Å². The summed E-state index contributed by atoms with van der Waals surface area (Å²) >= 11 is 0. The third-order valence-electron chi connectivity index (χ3n) is 4.83. The van der Waals surface area contributed by atoms with E-state index >= 15 is 0 Å². The first-order valence-electron chi connectivity index (χ1n) is 8.89. The standard InChI is InChI=1S/C22H25NO2/c1-25-21-10-7-18(8-11-21)9-12-22(24)23-15-13-20(14-16-23)17-19-5-3-2-4-6-19/h2-12,20H,13-17H2,1H3/b12-9+. The molecule has 130 valence electrons. The van der Waals surface area contributed by atoms with Crippen LogP contribution in [0.1, 0.15) is 24.0 Å². The fraction of sp³-hybridized carbons (Fsp3) is 0.318. The van der Waals surface area contributed by atoms with Gasteiger partial charge in [-0.1, -0.05) is 42.5 Å². The number of nitrogens with zero attached hydrogens (tertiary/aromatic N) is 1. The van der Waals surface area contributed by atoms with Crippen LogP contribution in [0.4, 0.5) is 0 Å². The van der Waals surface area contributed by atoms with Crippen LogP contribution in [-0.4, -0.2) is 31.0 Å². The van der Waals surface area contributed by atoms with E-state index < -0.39 is 0 Å². The van der Waals surface area contributed by atoms with Crippen LogP contribution in [0.3, 0.4) is 0 Å². The molecule has 1 amide bonds. The number of carbonyl (C=O) groups excluding carboxylic acids is 1. The summed E-state index contributed by atoms with van der Waals surface area (Å²) in [5, 5.41) is 0. The van der Waals surface area contributed by atoms with Crippen molar-refractivity contribution in [3.63, 3.8) is 0 Å². The van der Waals surface area contributed by atoms with Gasteiger partial charge >= 0.3 is 0 Å². The van der Waals surface area contributed by atoms with Gasteiger partial charge in [0, 0.05) is 19.2 Å². The van der Waals surface area contributed by atoms with Crippen molar-refractivity contribution >= 4 is 12.0 Å². The molecule has 0 unspecified atom stereocenters. The largest absolute Gasteiger partial charge is 0.497 e. The molecule has 0 aromatic heterocycles. The van der Waals surface area contributed by atoms with Gasteiger partial charge in [0.05, 0.1) is 7.11 Å². The number of carbonyl (C=O) groups is 1. The molecule has 2 aromatic rings. The van der Waals surface area contributed by atoms with Crippen LogP contribution >= 0.6 is 0 Å². The Labute approximate surface area is 149 Å². The Morgan fingerprint density at radius 3 is 2.40 bits per heavy atom. The summed E-state index contributed by atoms with van der Waals surface area (Å²) < 4.78 is 5.14. The van der Waals surface area contributed by atoms with E-state index in [0.29, 0.717) is 5.92 Å². The lowest BCUT2D eigenvalue weighted by Gasteiger charge is -2.31. The Bertz CT molecular complexity index is 699. The predicted octanol–water partition coefficient (Wildman–Crippen LogP) is 4.19. The van der Waals surface area contributed by atoms with Crippen LogP contribution in [0.15, 0.2) is 60.7 Å². The van der Waals surface area contributed by atoms with Crippen molar-refractivity contribution in [3.05, 3.63) is 71.8 Å². The quantitative estimate of drug-likeness (QED) is 0.767. The van der Waals surface area contributed by atoms with Gasteiger partial charge < -0.3 is 9.64 Å². The Kier molecular flexibility index (Phi) is 5.89. The zero-order chi connectivity index (χ0) is 17.5. The lowest BCUT2D eigenvalue weighted by Crippen LogP contribution is -2.37. The van der Waals surface area contributed by atoms with Crippen molar-refractivity contribution in [2.45, 2.75) is 19.3 Å². The average Bonchev–Trinajstić information content (AvgIpc) is 2.68. The topological polar surface area (TPSA) is 29.5 Å². The summed E-state index contributed by atoms with van der Waals surface area (Å²) in [5.74, 6) is 1.61. The lowest BCUT2D eigenvalue weighted by atomic mass is 9.90. The minimum atomic E-state index is 0.106. The van der Waals surface area contributed by atoms with E-state index in [0.717, 1.165) is 43.7 Å². The van der Waals surface area contributed by atoms with Gasteiger partial charge in [0.1, 0.15) is 5.75 Å². The third kappa shape index (κ3) is 4.96. The van der Waals surface area contributed by atoms with Crippen LogP contribution in [0.25, 0.3) is 6.08 Å². The maximum atomic E-state index is 12.4. The SMILES string of the molecule is COc1ccc(/C=C/C(=O)N2CCC(Cc3ccccc3)CC2)cc1. The number of amides is 1. The van der Waals surface area contributed by atoms with E-state index in [1.165, 1.54) is 5.56 Å². The van der Waals surface area contributed by atoms with E-state index in [1.54, 1.807) is 13.2 Å². The van der Waals surface area contributed by atoms with Gasteiger partial charge in [-0.15, -0.1) is 0 Å². The number of hydrogen-bond donors (Lipinski definition) is 0. The lowest BCUT2D eigenvalue weighted by molar-refractivity contribution is -0.127. The maximum absolute atomic E-state index is 12.4. The molecule has 3 nitrogen and oxygen atoms in total. The smallest absolute Gasteiger partial charge is 0.246 e. The summed E-state index contributed by atoms with van der Waals surface area (Å²) in [6.45, 7) is 1.70. The second-order valence-corrected chi connectivity index (χ2v) is 6.56. The number of likely N-dealkylation sites (tertiary alicyclic amines) is 1. The zero-order valence-electron chi connectivity index (χ0n) is 14.7. The van der Waals surface area contributed by atoms with Crippen LogP contribution in [-0.2, 0) is 11.2 Å². The number of benzene rings is 2. The van der Waals surface area contributed by atoms with Crippen LogP contribution < -0.4 is 4.74 Å². The van der Waals surface area contributed by atoms with Gasteiger partial charge in [0.25, 0.3) is 0 Å². The van der Waals surface area contributed by atoms with E-state index in [4.69, 9.17) is 4.74 Å². The molecule has 0 radical (unpaired) electrons. The molecule has 3 heteroatoms. The molecule has 1 aliphatic rings. The van der Waals surface area contributed by atoms with E-state index in [2.05, 4.69) is 30.3 Å². The van der Waals surface area contributed by atoms with Crippen molar-refractivity contribution in [1.29, 1.82) is 0 Å². The normalized spacial score (nSPS) is 15.5. The van der Waals surface area contributed by atoms with E-state index in [9.17, 15) is 4.79 Å². The molecule has 3 rings (SSSR count). The highest BCUT2D eigenvalue weighted by atomic mass is 16.5. The minimum absolute atomic E-state index is 0.106. The monoisotopic (exact) mass is 335 g/mol. The molecular weight excluding hydrogens is 310 g/mol. The maximum Gasteiger partial charge on any atom is 0.246 e. The fourth-order valence-electron chi connectivity index (χ4n) is 3.29. The average molecular weight is 335 g/mol. The van der Waals surface area contributed by atoms with Gasteiger partial charge in [0.15, 0.2) is 0 Å². The molecule has 1 aliphatic heterocycles. The Morgan fingerprint density at radius 1 is 1.08 bits per heavy atom. The summed E-state index contributed by atoms with van der Waals surface area (Å²) in [6, 6.07) is 18.3. The first-order chi connectivity index (χ1) is 12.2. The second-order valence-electron chi connectivity index (χ2n) is 6.56. The van der Waals surface area contributed by atoms with Gasteiger partial charge in [-0.05, 0) is 54.5 Å². The Hall–Kier alpha value is -2.55. The summed E-state index contributed by atoms with van der Waals surface area (Å²) in [7, 11) is 1.65. The summed E-state index contributed by atoms with van der Waals surface area (Å²) in [5.41, 5.74) is 2.40. The number of piperidine rings is 1. The first-order valence-corrected chi connectivity index (χ1v) is 8.89. The highest BCUT2D eigenvalue weighted by molar-refractivity contribution is 5.91. The third-order valence-corrected chi connectivity index (χ3v) is 4.83. The molecule has 0 atom stereocenters. The number of hydrogen-bond acceptors (Lipinski definition) is 2. The molecule has 0 aliphatic carbocycles. The molecule has 2 aromatic carbocycles. The number of rotatable bonds is 5. The van der Waals surface area contributed by atoms with Crippen molar-refractivity contribution in [3.8, 4) is 5.75 Å². The van der Waals surface area contributed by atoms with E-state index in [-0.39, 0.29) is 5.91 Å². The summed E-state index contributed by atoms with van der Waals surface area (Å²) in [6.07, 6.45) is 6.83. The van der Waals surface area contributed by atoms with Gasteiger partial charge in [-0.25, -0.2) is 0 Å². The Morgan fingerprint density at radius 2 is 1.76 bits per heavy atom. The zero-order valence-corrected chi connectivity index (χ0v) is 14.7. The van der Waals surface area contributed by atoms with Crippen molar-refractivity contribution < 1.29 is 9.53 Å². The van der Waals surface area contributed by atoms with Gasteiger partial charge in [0.2, 0.25) is 5.91 Å². The molecule has 25 heavy (non-hydrogen) atoms. The summed E-state index contributed by atoms with van der Waals surface area (Å²) in [4.78, 5) is 14.3. The number of methoxy groups -OCH3 is 1. The van der Waals surface area contributed by atoms with Crippen LogP contribution in [0, 0.1) is 5.92 Å². The van der Waals surface area contributed by atoms with Crippen molar-refractivity contribution in [2.75, 3.05) is 20.2 Å². The fourth-order valence-corrected chi connectivity index (χ4v) is 3.29. The predicted molar refractivity (Wildman–Crippen MR) is 101 cm³/mol. The van der Waals surface area contributed by atoms with Gasteiger partial charge in [-0.3, -0.25) is 4.79 Å². The molecular formula is C22H25NO2. The number of ether oxygens (including phenoxy) is 1. The molecule has 1 fully saturated rings. The molecule has 0 N–H and O–H groups in total. The second kappa shape index (κ2) is 8.52. The Balaban J connectivity index is 1.48. The first kappa shape index (κ1) is 17.3. The van der Waals surface area contributed by atoms with Crippen LogP contribution in [0.5, 0.6) is 5.75 Å². The highest BCUT2D eigenvalue weighted by Gasteiger charge is 2.21. The molecule has 0 saturated carbocycles. The molecule has 0 spiro atoms. The molecule has 1 heterocycles. The van der Waals surface area contributed by atoms with E-state index in [1.807, 2.05) is 35.2 Å².